The van der Waals surface area contributed by atoms with Gasteiger partial charge in [-0.3, -0.25) is 9.59 Å². The van der Waals surface area contributed by atoms with Crippen LogP contribution in [0.3, 0.4) is 0 Å². The van der Waals surface area contributed by atoms with E-state index in [0.717, 1.165) is 24.9 Å². The Bertz CT molecular complexity index is 890. The summed E-state index contributed by atoms with van der Waals surface area (Å²) < 4.78 is 5.12. The Labute approximate surface area is 177 Å². The lowest BCUT2D eigenvalue weighted by atomic mass is 9.99. The lowest BCUT2D eigenvalue weighted by molar-refractivity contribution is -0.128. The maximum atomic E-state index is 12.2. The van der Waals surface area contributed by atoms with Gasteiger partial charge in [0.25, 0.3) is 5.91 Å². The Kier molecular flexibility index (Phi) is 7.22. The van der Waals surface area contributed by atoms with Gasteiger partial charge < -0.3 is 15.0 Å². The molecular weight excluding hydrogens is 380 g/mol. The van der Waals surface area contributed by atoms with Gasteiger partial charge in [0, 0.05) is 25.2 Å². The van der Waals surface area contributed by atoms with Crippen molar-refractivity contribution in [1.29, 1.82) is 0 Å². The van der Waals surface area contributed by atoms with Gasteiger partial charge in [0.2, 0.25) is 5.91 Å². The first-order valence-corrected chi connectivity index (χ1v) is 10.4. The SMILES string of the molecule is CC[C@H](C)c1ccc(NC(=O)COC(=O)c2ccc(CN3CCCC3=O)cc2)cc1. The summed E-state index contributed by atoms with van der Waals surface area (Å²) in [6, 6.07) is 14.6. The number of anilines is 1. The minimum Gasteiger partial charge on any atom is -0.452 e. The van der Waals surface area contributed by atoms with E-state index in [1.807, 2.05) is 29.2 Å². The highest BCUT2D eigenvalue weighted by Gasteiger charge is 2.20. The normalized spacial score (nSPS) is 14.5. The second-order valence-electron chi connectivity index (χ2n) is 7.67. The van der Waals surface area contributed by atoms with Gasteiger partial charge in [-0.25, -0.2) is 4.79 Å². The average molecular weight is 408 g/mol. The predicted molar refractivity (Wildman–Crippen MR) is 115 cm³/mol. The predicted octanol–water partition coefficient (Wildman–Crippen LogP) is 4.12. The minimum atomic E-state index is -0.555. The molecule has 0 saturated carbocycles. The standard InChI is InChI=1S/C24H28N2O4/c1-3-17(2)19-10-12-21(13-11-19)25-22(27)16-30-24(29)20-8-6-18(7-9-20)15-26-14-4-5-23(26)28/h6-13,17H,3-5,14-16H2,1-2H3,(H,25,27)/t17-/m0/s1. The molecule has 2 amide bonds. The van der Waals surface area contributed by atoms with Crippen molar-refractivity contribution in [3.8, 4) is 0 Å². The number of hydrogen-bond donors (Lipinski definition) is 1. The molecule has 0 bridgehead atoms. The van der Waals surface area contributed by atoms with Crippen molar-refractivity contribution < 1.29 is 19.1 Å². The number of nitrogens with zero attached hydrogens (tertiary/aromatic N) is 1. The molecule has 0 aliphatic carbocycles. The van der Waals surface area contributed by atoms with Gasteiger partial charge in [0.1, 0.15) is 0 Å². The molecule has 1 fully saturated rings. The fourth-order valence-corrected chi connectivity index (χ4v) is 3.38. The lowest BCUT2D eigenvalue weighted by Crippen LogP contribution is -2.23. The summed E-state index contributed by atoms with van der Waals surface area (Å²) in [7, 11) is 0. The molecule has 0 aromatic heterocycles. The summed E-state index contributed by atoms with van der Waals surface area (Å²) in [5, 5.41) is 2.73. The van der Waals surface area contributed by atoms with E-state index in [-0.39, 0.29) is 18.4 Å². The number of ether oxygens (including phenoxy) is 1. The molecule has 1 N–H and O–H groups in total. The summed E-state index contributed by atoms with van der Waals surface area (Å²) in [5.41, 5.74) is 3.22. The molecule has 3 rings (SSSR count). The Morgan fingerprint density at radius 3 is 2.40 bits per heavy atom. The number of carbonyl (C=O) groups excluding carboxylic acids is 3. The van der Waals surface area contributed by atoms with Crippen molar-refractivity contribution in [2.24, 2.45) is 0 Å². The van der Waals surface area contributed by atoms with Gasteiger partial charge in [-0.05, 0) is 54.2 Å². The van der Waals surface area contributed by atoms with E-state index in [9.17, 15) is 14.4 Å². The van der Waals surface area contributed by atoms with Crippen molar-refractivity contribution in [3.05, 3.63) is 65.2 Å². The van der Waals surface area contributed by atoms with Crippen molar-refractivity contribution >= 4 is 23.5 Å². The summed E-state index contributed by atoms with van der Waals surface area (Å²) in [6.07, 6.45) is 2.56. The second kappa shape index (κ2) is 10.1. The molecule has 158 valence electrons. The number of rotatable bonds is 8. The van der Waals surface area contributed by atoms with Crippen LogP contribution in [0.1, 0.15) is 60.5 Å². The molecule has 2 aromatic carbocycles. The highest BCUT2D eigenvalue weighted by Crippen LogP contribution is 2.20. The van der Waals surface area contributed by atoms with Crippen LogP contribution in [0, 0.1) is 0 Å². The molecule has 1 aliphatic rings. The third kappa shape index (κ3) is 5.69. The fourth-order valence-electron chi connectivity index (χ4n) is 3.38. The van der Waals surface area contributed by atoms with E-state index >= 15 is 0 Å². The molecule has 0 radical (unpaired) electrons. The Balaban J connectivity index is 1.46. The Morgan fingerprint density at radius 2 is 1.80 bits per heavy atom. The van der Waals surface area contributed by atoms with Crippen molar-refractivity contribution in [1.82, 2.24) is 4.90 Å². The summed E-state index contributed by atoms with van der Waals surface area (Å²) >= 11 is 0. The van der Waals surface area contributed by atoms with Gasteiger partial charge in [-0.2, -0.15) is 0 Å². The van der Waals surface area contributed by atoms with E-state index in [1.54, 1.807) is 24.3 Å². The van der Waals surface area contributed by atoms with E-state index in [4.69, 9.17) is 4.74 Å². The average Bonchev–Trinajstić information content (AvgIpc) is 3.17. The van der Waals surface area contributed by atoms with Crippen LogP contribution >= 0.6 is 0 Å². The molecular formula is C24H28N2O4. The van der Waals surface area contributed by atoms with E-state index in [0.29, 0.717) is 30.1 Å². The van der Waals surface area contributed by atoms with Crippen LogP contribution in [0.5, 0.6) is 0 Å². The first kappa shape index (κ1) is 21.6. The second-order valence-corrected chi connectivity index (χ2v) is 7.67. The van der Waals surface area contributed by atoms with Crippen LogP contribution in [0.4, 0.5) is 5.69 Å². The first-order chi connectivity index (χ1) is 14.5. The smallest absolute Gasteiger partial charge is 0.338 e. The molecule has 2 aromatic rings. The molecule has 0 spiro atoms. The molecule has 6 nitrogen and oxygen atoms in total. The van der Waals surface area contributed by atoms with E-state index < -0.39 is 5.97 Å². The maximum Gasteiger partial charge on any atom is 0.338 e. The zero-order valence-corrected chi connectivity index (χ0v) is 17.5. The van der Waals surface area contributed by atoms with Crippen molar-refractivity contribution in [2.75, 3.05) is 18.5 Å². The third-order valence-electron chi connectivity index (χ3n) is 5.44. The topological polar surface area (TPSA) is 75.7 Å². The van der Waals surface area contributed by atoms with Gasteiger partial charge in [0.15, 0.2) is 6.61 Å². The van der Waals surface area contributed by atoms with Crippen molar-refractivity contribution in [3.63, 3.8) is 0 Å². The maximum absolute atomic E-state index is 12.2. The summed E-state index contributed by atoms with van der Waals surface area (Å²) in [6.45, 7) is 5.27. The molecule has 1 atom stereocenters. The van der Waals surface area contributed by atoms with Crippen LogP contribution in [0.15, 0.2) is 48.5 Å². The summed E-state index contributed by atoms with van der Waals surface area (Å²) in [5.74, 6) is -0.304. The third-order valence-corrected chi connectivity index (χ3v) is 5.44. The Morgan fingerprint density at radius 1 is 1.10 bits per heavy atom. The van der Waals surface area contributed by atoms with Gasteiger partial charge >= 0.3 is 5.97 Å². The Hall–Kier alpha value is -3.15. The van der Waals surface area contributed by atoms with Crippen LogP contribution in [-0.4, -0.2) is 35.8 Å². The first-order valence-electron chi connectivity index (χ1n) is 10.4. The van der Waals surface area contributed by atoms with Crippen LogP contribution < -0.4 is 5.32 Å². The monoisotopic (exact) mass is 408 g/mol. The highest BCUT2D eigenvalue weighted by atomic mass is 16.5. The van der Waals surface area contributed by atoms with E-state index in [1.165, 1.54) is 5.56 Å². The quantitative estimate of drug-likeness (QED) is 0.667. The van der Waals surface area contributed by atoms with Crippen LogP contribution in [0.2, 0.25) is 0 Å². The number of likely N-dealkylation sites (tertiary alicyclic amines) is 1. The van der Waals surface area contributed by atoms with Gasteiger partial charge in [-0.1, -0.05) is 38.1 Å². The fraction of sp³-hybridized carbons (Fsp3) is 0.375. The number of benzene rings is 2. The summed E-state index contributed by atoms with van der Waals surface area (Å²) in [4.78, 5) is 37.8. The van der Waals surface area contributed by atoms with Gasteiger partial charge in [-0.15, -0.1) is 0 Å². The number of carbonyl (C=O) groups is 3. The molecule has 1 heterocycles. The molecule has 1 saturated heterocycles. The lowest BCUT2D eigenvalue weighted by Gasteiger charge is -2.15. The van der Waals surface area contributed by atoms with Crippen molar-refractivity contribution in [2.45, 2.75) is 45.6 Å². The number of hydrogen-bond acceptors (Lipinski definition) is 4. The minimum absolute atomic E-state index is 0.166. The zero-order valence-electron chi connectivity index (χ0n) is 17.5. The molecule has 30 heavy (non-hydrogen) atoms. The van der Waals surface area contributed by atoms with Gasteiger partial charge in [0.05, 0.1) is 5.56 Å². The zero-order chi connectivity index (χ0) is 21.5. The largest absolute Gasteiger partial charge is 0.452 e. The molecule has 6 heteroatoms. The van der Waals surface area contributed by atoms with Crippen LogP contribution in [-0.2, 0) is 20.9 Å². The highest BCUT2D eigenvalue weighted by molar-refractivity contribution is 5.95. The number of nitrogens with one attached hydrogen (secondary N) is 1. The molecule has 1 aliphatic heterocycles. The molecule has 0 unspecified atom stereocenters. The van der Waals surface area contributed by atoms with E-state index in [2.05, 4.69) is 19.2 Å². The number of esters is 1. The number of amides is 2. The van der Waals surface area contributed by atoms with Crippen LogP contribution in [0.25, 0.3) is 0 Å².